The minimum Gasteiger partial charge on any atom is -0.338 e. The molecule has 0 aliphatic carbocycles. The minimum atomic E-state index is 0.385. The summed E-state index contributed by atoms with van der Waals surface area (Å²) in [7, 11) is 0. The lowest BCUT2D eigenvalue weighted by Gasteiger charge is -2.26. The zero-order chi connectivity index (χ0) is 17.1. The maximum Gasteiger partial charge on any atom is 0.172 e. The maximum absolute atomic E-state index is 6.27. The Morgan fingerprint density at radius 2 is 1.56 bits per heavy atom. The van der Waals surface area contributed by atoms with Crippen molar-refractivity contribution in [2.75, 3.05) is 18.4 Å². The Bertz CT molecular complexity index is 857. The summed E-state index contributed by atoms with van der Waals surface area (Å²) in [5, 5.41) is 3.66. The normalized spacial score (nSPS) is 15.4. The van der Waals surface area contributed by atoms with Gasteiger partial charge in [-0.05, 0) is 55.8 Å². The summed E-state index contributed by atoms with van der Waals surface area (Å²) >= 11 is 6.27. The molecule has 25 heavy (non-hydrogen) atoms. The molecule has 4 nitrogen and oxygen atoms in total. The standard InChI is InChI=1S/C20H21ClN4/c21-19-20(24-18-7-3-2-6-17(18)23-19)22-16-10-8-15(9-11-16)14-25-12-4-1-5-13-25/h2-3,6-11H,1,4-5,12-14H2,(H,22,24). The lowest BCUT2D eigenvalue weighted by Crippen LogP contribution is -2.29. The first kappa shape index (κ1) is 16.3. The van der Waals surface area contributed by atoms with Crippen LogP contribution in [0.3, 0.4) is 0 Å². The molecule has 1 saturated heterocycles. The average Bonchev–Trinajstić information content (AvgIpc) is 2.65. The van der Waals surface area contributed by atoms with Crippen LogP contribution in [0.5, 0.6) is 0 Å². The van der Waals surface area contributed by atoms with E-state index in [-0.39, 0.29) is 0 Å². The summed E-state index contributed by atoms with van der Waals surface area (Å²) in [4.78, 5) is 11.5. The molecule has 1 aliphatic heterocycles. The maximum atomic E-state index is 6.27. The van der Waals surface area contributed by atoms with Crippen LogP contribution in [0.25, 0.3) is 11.0 Å². The van der Waals surface area contributed by atoms with Gasteiger partial charge in [0.1, 0.15) is 0 Å². The van der Waals surface area contributed by atoms with E-state index in [9.17, 15) is 0 Å². The van der Waals surface area contributed by atoms with Crippen molar-refractivity contribution < 1.29 is 0 Å². The van der Waals surface area contributed by atoms with Gasteiger partial charge in [-0.2, -0.15) is 0 Å². The lowest BCUT2D eigenvalue weighted by molar-refractivity contribution is 0.221. The van der Waals surface area contributed by atoms with Crippen LogP contribution in [0.15, 0.2) is 48.5 Å². The molecule has 0 radical (unpaired) electrons. The van der Waals surface area contributed by atoms with Crippen LogP contribution in [0.1, 0.15) is 24.8 Å². The quantitative estimate of drug-likeness (QED) is 0.716. The molecule has 5 heteroatoms. The predicted octanol–water partition coefficient (Wildman–Crippen LogP) is 5.01. The Labute approximate surface area is 152 Å². The number of piperidine rings is 1. The van der Waals surface area contributed by atoms with Crippen LogP contribution in [-0.4, -0.2) is 28.0 Å². The molecule has 4 rings (SSSR count). The third kappa shape index (κ3) is 3.91. The fourth-order valence-corrected chi connectivity index (χ4v) is 3.44. The van der Waals surface area contributed by atoms with Crippen molar-refractivity contribution >= 4 is 34.1 Å². The summed E-state index contributed by atoms with van der Waals surface area (Å²) in [6.45, 7) is 3.45. The van der Waals surface area contributed by atoms with Crippen molar-refractivity contribution in [1.29, 1.82) is 0 Å². The van der Waals surface area contributed by atoms with Crippen LogP contribution in [-0.2, 0) is 6.54 Å². The number of likely N-dealkylation sites (tertiary alicyclic amines) is 1. The molecule has 0 saturated carbocycles. The molecule has 0 spiro atoms. The van der Waals surface area contributed by atoms with Gasteiger partial charge in [-0.15, -0.1) is 0 Å². The number of anilines is 2. The fourth-order valence-electron chi connectivity index (χ4n) is 3.26. The van der Waals surface area contributed by atoms with Crippen molar-refractivity contribution in [2.24, 2.45) is 0 Å². The second-order valence-electron chi connectivity index (χ2n) is 6.51. The van der Waals surface area contributed by atoms with Crippen LogP contribution in [0.2, 0.25) is 5.15 Å². The first-order valence-electron chi connectivity index (χ1n) is 8.78. The van der Waals surface area contributed by atoms with E-state index in [1.165, 1.54) is 37.9 Å². The summed E-state index contributed by atoms with van der Waals surface area (Å²) < 4.78 is 0. The summed E-state index contributed by atoms with van der Waals surface area (Å²) in [5.41, 5.74) is 3.93. The third-order valence-corrected chi connectivity index (χ3v) is 4.86. The molecule has 2 heterocycles. The van der Waals surface area contributed by atoms with Crippen molar-refractivity contribution in [2.45, 2.75) is 25.8 Å². The molecule has 1 fully saturated rings. The topological polar surface area (TPSA) is 41.1 Å². The second-order valence-corrected chi connectivity index (χ2v) is 6.87. The number of aromatic nitrogens is 2. The molecule has 0 unspecified atom stereocenters. The van der Waals surface area contributed by atoms with Crippen molar-refractivity contribution in [3.8, 4) is 0 Å². The van der Waals surface area contributed by atoms with E-state index in [4.69, 9.17) is 11.6 Å². The van der Waals surface area contributed by atoms with Crippen LogP contribution in [0.4, 0.5) is 11.5 Å². The number of nitrogens with one attached hydrogen (secondary N) is 1. The summed E-state index contributed by atoms with van der Waals surface area (Å²) in [6, 6.07) is 16.2. The molecule has 3 aromatic rings. The van der Waals surface area contributed by atoms with E-state index in [0.29, 0.717) is 11.0 Å². The number of fused-ring (bicyclic) bond motifs is 1. The van der Waals surface area contributed by atoms with Crippen molar-refractivity contribution in [1.82, 2.24) is 14.9 Å². The van der Waals surface area contributed by atoms with Gasteiger partial charge in [0.05, 0.1) is 11.0 Å². The second kappa shape index (κ2) is 7.38. The highest BCUT2D eigenvalue weighted by molar-refractivity contribution is 6.32. The molecule has 1 aromatic heterocycles. The third-order valence-electron chi connectivity index (χ3n) is 4.60. The highest BCUT2D eigenvalue weighted by Crippen LogP contribution is 2.25. The zero-order valence-corrected chi connectivity index (χ0v) is 14.8. The number of benzene rings is 2. The fraction of sp³-hybridized carbons (Fsp3) is 0.300. The molecule has 0 atom stereocenters. The first-order valence-corrected chi connectivity index (χ1v) is 9.16. The van der Waals surface area contributed by atoms with Crippen molar-refractivity contribution in [3.63, 3.8) is 0 Å². The summed E-state index contributed by atoms with van der Waals surface area (Å²) in [6.07, 6.45) is 4.00. The van der Waals surface area contributed by atoms with E-state index in [0.717, 1.165) is 23.3 Å². The van der Waals surface area contributed by atoms with Gasteiger partial charge in [-0.3, -0.25) is 4.90 Å². The minimum absolute atomic E-state index is 0.385. The monoisotopic (exact) mass is 352 g/mol. The number of hydrogen-bond donors (Lipinski definition) is 1. The Morgan fingerprint density at radius 1 is 0.880 bits per heavy atom. The van der Waals surface area contributed by atoms with Crippen molar-refractivity contribution in [3.05, 3.63) is 59.2 Å². The predicted molar refractivity (Wildman–Crippen MR) is 103 cm³/mol. The van der Waals surface area contributed by atoms with E-state index in [1.807, 2.05) is 24.3 Å². The van der Waals surface area contributed by atoms with E-state index < -0.39 is 0 Å². The highest BCUT2D eigenvalue weighted by atomic mass is 35.5. The molecular weight excluding hydrogens is 332 g/mol. The van der Waals surface area contributed by atoms with E-state index >= 15 is 0 Å². The average molecular weight is 353 g/mol. The smallest absolute Gasteiger partial charge is 0.172 e. The Balaban J connectivity index is 1.48. The zero-order valence-electron chi connectivity index (χ0n) is 14.1. The van der Waals surface area contributed by atoms with Gasteiger partial charge in [-0.1, -0.05) is 42.3 Å². The Hall–Kier alpha value is -2.17. The molecule has 1 aliphatic rings. The number of nitrogens with zero attached hydrogens (tertiary/aromatic N) is 3. The SMILES string of the molecule is Clc1nc2ccccc2nc1Nc1ccc(CN2CCCCC2)cc1. The molecule has 2 aromatic carbocycles. The molecule has 1 N–H and O–H groups in total. The number of halogens is 1. The largest absolute Gasteiger partial charge is 0.338 e. The van der Waals surface area contributed by atoms with Crippen LogP contribution in [0, 0.1) is 0 Å². The number of hydrogen-bond acceptors (Lipinski definition) is 4. The van der Waals surface area contributed by atoms with Gasteiger partial charge in [0, 0.05) is 12.2 Å². The van der Waals surface area contributed by atoms with Gasteiger partial charge in [0.15, 0.2) is 11.0 Å². The highest BCUT2D eigenvalue weighted by Gasteiger charge is 2.11. The van der Waals surface area contributed by atoms with E-state index in [1.54, 1.807) is 0 Å². The van der Waals surface area contributed by atoms with Gasteiger partial charge >= 0.3 is 0 Å². The molecule has 0 bridgehead atoms. The molecule has 0 amide bonds. The first-order chi connectivity index (χ1) is 12.3. The van der Waals surface area contributed by atoms with E-state index in [2.05, 4.69) is 44.5 Å². The number of rotatable bonds is 4. The number of para-hydroxylation sites is 2. The lowest BCUT2D eigenvalue weighted by atomic mass is 10.1. The van der Waals surface area contributed by atoms with Gasteiger partial charge in [-0.25, -0.2) is 9.97 Å². The van der Waals surface area contributed by atoms with Gasteiger partial charge < -0.3 is 5.32 Å². The van der Waals surface area contributed by atoms with Crippen LogP contribution >= 0.6 is 11.6 Å². The van der Waals surface area contributed by atoms with Gasteiger partial charge in [0.25, 0.3) is 0 Å². The van der Waals surface area contributed by atoms with Crippen LogP contribution < -0.4 is 5.32 Å². The Kier molecular flexibility index (Phi) is 4.81. The van der Waals surface area contributed by atoms with Gasteiger partial charge in [0.2, 0.25) is 0 Å². The summed E-state index contributed by atoms with van der Waals surface area (Å²) in [5.74, 6) is 0.587. The molecule has 128 valence electrons. The molecular formula is C20H21ClN4. The Morgan fingerprint density at radius 3 is 2.28 bits per heavy atom.